The number of aromatic nitrogens is 3. The smallest absolute Gasteiger partial charge is 0.223 e. The van der Waals surface area contributed by atoms with Crippen LogP contribution in [-0.2, 0) is 11.2 Å². The molecule has 3 N–H and O–H groups in total. The van der Waals surface area contributed by atoms with Gasteiger partial charge in [-0.1, -0.05) is 0 Å². The first kappa shape index (κ1) is 8.61. The Morgan fingerprint density at radius 2 is 2.36 bits per heavy atom. The van der Waals surface area contributed by atoms with Gasteiger partial charge in [-0.05, 0) is 12.1 Å². The lowest BCUT2D eigenvalue weighted by Gasteiger charge is -1.92. The third kappa shape index (κ3) is 1.41. The second-order valence-electron chi connectivity index (χ2n) is 2.85. The standard InChI is InChI=1S/C8H7FN4O/c9-6-2-1-4-5(3-7(10)14)12-13-8(4)11-6/h1-2H,3H2,(H2,10,14)(H,11,12,13). The minimum atomic E-state index is -0.602. The van der Waals surface area contributed by atoms with Crippen molar-refractivity contribution < 1.29 is 9.18 Å². The Bertz CT molecular complexity index is 493. The summed E-state index contributed by atoms with van der Waals surface area (Å²) in [5.41, 5.74) is 5.83. The van der Waals surface area contributed by atoms with Crippen LogP contribution in [0.3, 0.4) is 0 Å². The average molecular weight is 194 g/mol. The van der Waals surface area contributed by atoms with Gasteiger partial charge in [0.25, 0.3) is 0 Å². The predicted molar refractivity (Wildman–Crippen MR) is 46.7 cm³/mol. The number of primary amides is 1. The van der Waals surface area contributed by atoms with Gasteiger partial charge in [0.2, 0.25) is 11.9 Å². The van der Waals surface area contributed by atoms with E-state index in [0.29, 0.717) is 11.1 Å². The van der Waals surface area contributed by atoms with E-state index in [1.165, 1.54) is 12.1 Å². The summed E-state index contributed by atoms with van der Waals surface area (Å²) in [6.45, 7) is 0. The molecule has 0 saturated carbocycles. The molecule has 0 aliphatic heterocycles. The van der Waals surface area contributed by atoms with Gasteiger partial charge in [0.15, 0.2) is 5.65 Å². The zero-order valence-corrected chi connectivity index (χ0v) is 7.12. The van der Waals surface area contributed by atoms with Gasteiger partial charge in [-0.2, -0.15) is 14.5 Å². The molecule has 0 atom stereocenters. The molecule has 2 aromatic rings. The zero-order valence-electron chi connectivity index (χ0n) is 7.12. The summed E-state index contributed by atoms with van der Waals surface area (Å²) in [5, 5.41) is 6.96. The van der Waals surface area contributed by atoms with E-state index >= 15 is 0 Å². The fourth-order valence-corrected chi connectivity index (χ4v) is 1.24. The number of fused-ring (bicyclic) bond motifs is 1. The topological polar surface area (TPSA) is 84.7 Å². The van der Waals surface area contributed by atoms with Gasteiger partial charge in [-0.15, -0.1) is 0 Å². The van der Waals surface area contributed by atoms with Crippen LogP contribution in [0.4, 0.5) is 4.39 Å². The summed E-state index contributed by atoms with van der Waals surface area (Å²) < 4.78 is 12.7. The number of aromatic amines is 1. The lowest BCUT2D eigenvalue weighted by atomic mass is 10.2. The molecule has 14 heavy (non-hydrogen) atoms. The first-order chi connectivity index (χ1) is 6.66. The van der Waals surface area contributed by atoms with Crippen LogP contribution >= 0.6 is 0 Å². The molecular weight excluding hydrogens is 187 g/mol. The van der Waals surface area contributed by atoms with Gasteiger partial charge in [-0.3, -0.25) is 9.89 Å². The van der Waals surface area contributed by atoms with E-state index < -0.39 is 11.9 Å². The van der Waals surface area contributed by atoms with E-state index in [1.807, 2.05) is 0 Å². The third-order valence-electron chi connectivity index (χ3n) is 1.81. The number of amides is 1. The van der Waals surface area contributed by atoms with Crippen molar-refractivity contribution in [3.63, 3.8) is 0 Å². The number of nitrogens with one attached hydrogen (secondary N) is 1. The molecule has 0 saturated heterocycles. The van der Waals surface area contributed by atoms with Crippen molar-refractivity contribution in [2.45, 2.75) is 6.42 Å². The normalized spacial score (nSPS) is 10.6. The van der Waals surface area contributed by atoms with Crippen molar-refractivity contribution in [2.75, 3.05) is 0 Å². The Morgan fingerprint density at radius 1 is 1.57 bits per heavy atom. The number of hydrogen-bond donors (Lipinski definition) is 2. The van der Waals surface area contributed by atoms with Crippen molar-refractivity contribution in [1.82, 2.24) is 15.2 Å². The predicted octanol–water partition coefficient (Wildman–Crippen LogP) is 0.125. The maximum atomic E-state index is 12.7. The molecule has 2 aromatic heterocycles. The van der Waals surface area contributed by atoms with Crippen LogP contribution in [0.15, 0.2) is 12.1 Å². The second kappa shape index (κ2) is 3.06. The van der Waals surface area contributed by atoms with Gasteiger partial charge >= 0.3 is 0 Å². The number of halogens is 1. The molecule has 0 unspecified atom stereocenters. The number of nitrogens with zero attached hydrogens (tertiary/aromatic N) is 2. The summed E-state index contributed by atoms with van der Waals surface area (Å²) in [6.07, 6.45) is 0.0454. The van der Waals surface area contributed by atoms with Gasteiger partial charge in [0, 0.05) is 5.39 Å². The lowest BCUT2D eigenvalue weighted by Crippen LogP contribution is -2.14. The zero-order chi connectivity index (χ0) is 10.1. The Morgan fingerprint density at radius 3 is 3.07 bits per heavy atom. The highest BCUT2D eigenvalue weighted by atomic mass is 19.1. The van der Waals surface area contributed by atoms with Crippen LogP contribution in [-0.4, -0.2) is 21.1 Å². The molecule has 2 heterocycles. The molecule has 0 fully saturated rings. The quantitative estimate of drug-likeness (QED) is 0.666. The molecule has 0 aliphatic carbocycles. The van der Waals surface area contributed by atoms with Crippen molar-refractivity contribution in [2.24, 2.45) is 5.73 Å². The molecule has 0 aliphatic rings. The second-order valence-corrected chi connectivity index (χ2v) is 2.85. The fourth-order valence-electron chi connectivity index (χ4n) is 1.24. The number of nitrogens with two attached hydrogens (primary N) is 1. The molecule has 72 valence electrons. The number of rotatable bonds is 2. The highest BCUT2D eigenvalue weighted by Crippen LogP contribution is 2.14. The van der Waals surface area contributed by atoms with Crippen LogP contribution in [0.25, 0.3) is 11.0 Å². The molecule has 0 bridgehead atoms. The van der Waals surface area contributed by atoms with Gasteiger partial charge < -0.3 is 5.73 Å². The Hall–Kier alpha value is -1.98. The molecule has 0 spiro atoms. The lowest BCUT2D eigenvalue weighted by molar-refractivity contribution is -0.117. The SMILES string of the molecule is NC(=O)Cc1[nH]nc2nc(F)ccc12. The van der Waals surface area contributed by atoms with Crippen molar-refractivity contribution >= 4 is 16.9 Å². The van der Waals surface area contributed by atoms with Crippen LogP contribution in [0.1, 0.15) is 5.69 Å². The minimum Gasteiger partial charge on any atom is -0.369 e. The van der Waals surface area contributed by atoms with E-state index in [9.17, 15) is 9.18 Å². The molecule has 6 heteroatoms. The Labute approximate surface area is 78.1 Å². The Kier molecular flexibility index (Phi) is 1.88. The molecular formula is C8H7FN4O. The largest absolute Gasteiger partial charge is 0.369 e. The molecule has 0 aromatic carbocycles. The van der Waals surface area contributed by atoms with E-state index in [1.54, 1.807) is 0 Å². The van der Waals surface area contributed by atoms with Crippen molar-refractivity contribution in [3.8, 4) is 0 Å². The monoisotopic (exact) mass is 194 g/mol. The van der Waals surface area contributed by atoms with Crippen LogP contribution in [0, 0.1) is 5.95 Å². The fraction of sp³-hybridized carbons (Fsp3) is 0.125. The molecule has 1 amide bonds. The van der Waals surface area contributed by atoms with E-state index in [-0.39, 0.29) is 12.1 Å². The summed E-state index contributed by atoms with van der Waals surface area (Å²) >= 11 is 0. The summed E-state index contributed by atoms with van der Waals surface area (Å²) in [6, 6.07) is 2.72. The maximum Gasteiger partial charge on any atom is 0.223 e. The first-order valence-electron chi connectivity index (χ1n) is 3.94. The number of carbonyl (C=O) groups excluding carboxylic acids is 1. The minimum absolute atomic E-state index is 0.0454. The van der Waals surface area contributed by atoms with Crippen molar-refractivity contribution in [3.05, 3.63) is 23.8 Å². The van der Waals surface area contributed by atoms with Crippen LogP contribution < -0.4 is 5.73 Å². The first-order valence-corrected chi connectivity index (χ1v) is 3.94. The Balaban J connectivity index is 2.52. The number of carbonyl (C=O) groups is 1. The van der Waals surface area contributed by atoms with E-state index in [2.05, 4.69) is 15.2 Å². The summed E-state index contributed by atoms with van der Waals surface area (Å²) in [5.74, 6) is -1.07. The average Bonchev–Trinajstić information content (AvgIpc) is 2.47. The van der Waals surface area contributed by atoms with Crippen LogP contribution in [0.5, 0.6) is 0 Å². The summed E-state index contributed by atoms with van der Waals surface area (Å²) in [7, 11) is 0. The van der Waals surface area contributed by atoms with Crippen LogP contribution in [0.2, 0.25) is 0 Å². The van der Waals surface area contributed by atoms with Crippen molar-refractivity contribution in [1.29, 1.82) is 0 Å². The number of hydrogen-bond acceptors (Lipinski definition) is 3. The highest BCUT2D eigenvalue weighted by Gasteiger charge is 2.08. The molecule has 0 radical (unpaired) electrons. The summed E-state index contributed by atoms with van der Waals surface area (Å²) in [4.78, 5) is 14.2. The maximum absolute atomic E-state index is 12.7. The molecule has 2 rings (SSSR count). The van der Waals surface area contributed by atoms with E-state index in [0.717, 1.165) is 0 Å². The van der Waals surface area contributed by atoms with Gasteiger partial charge in [0.05, 0.1) is 12.1 Å². The number of pyridine rings is 1. The molecule has 5 nitrogen and oxygen atoms in total. The van der Waals surface area contributed by atoms with Gasteiger partial charge in [0.1, 0.15) is 0 Å². The van der Waals surface area contributed by atoms with Gasteiger partial charge in [-0.25, -0.2) is 0 Å². The highest BCUT2D eigenvalue weighted by molar-refractivity contribution is 5.84. The third-order valence-corrected chi connectivity index (χ3v) is 1.81. The number of H-pyrrole nitrogens is 1. The van der Waals surface area contributed by atoms with E-state index in [4.69, 9.17) is 5.73 Å².